The van der Waals surface area contributed by atoms with Gasteiger partial charge < -0.3 is 20.4 Å². The number of aromatic nitrogens is 5. The van der Waals surface area contributed by atoms with E-state index >= 15 is 0 Å². The highest BCUT2D eigenvalue weighted by Crippen LogP contribution is 2.37. The molecule has 8 nitrogen and oxygen atoms in total. The van der Waals surface area contributed by atoms with Crippen LogP contribution in [0.2, 0.25) is 5.02 Å². The third kappa shape index (κ3) is 2.81. The molecule has 1 aromatic carbocycles. The van der Waals surface area contributed by atoms with Crippen molar-refractivity contribution in [3.63, 3.8) is 0 Å². The molecular weight excluding hydrogens is 378 g/mol. The summed E-state index contributed by atoms with van der Waals surface area (Å²) in [5.74, 6) is 1.33. The Kier molecular flexibility index (Phi) is 4.03. The largest absolute Gasteiger partial charge is 0.424 e. The smallest absolute Gasteiger partial charge is 0.325 e. The van der Waals surface area contributed by atoms with Crippen LogP contribution in [-0.2, 0) is 6.42 Å². The SMILES string of the molecule is CCc1[nH]c2nc(Oc3ccc4nccnc4c3)nc(N3CC(N)C3)c2c1Cl. The van der Waals surface area contributed by atoms with E-state index in [0.717, 1.165) is 47.4 Å². The van der Waals surface area contributed by atoms with Crippen LogP contribution in [0.3, 0.4) is 0 Å². The Morgan fingerprint density at radius 3 is 2.75 bits per heavy atom. The van der Waals surface area contributed by atoms with Crippen molar-refractivity contribution >= 4 is 39.5 Å². The molecule has 1 saturated heterocycles. The van der Waals surface area contributed by atoms with E-state index in [2.05, 4.69) is 29.8 Å². The first-order valence-electron chi connectivity index (χ1n) is 9.09. The zero-order chi connectivity index (χ0) is 19.3. The van der Waals surface area contributed by atoms with Gasteiger partial charge in [-0.05, 0) is 18.6 Å². The predicted molar refractivity (Wildman–Crippen MR) is 108 cm³/mol. The second kappa shape index (κ2) is 6.57. The van der Waals surface area contributed by atoms with Gasteiger partial charge in [-0.15, -0.1) is 0 Å². The predicted octanol–water partition coefficient (Wildman–Crippen LogP) is 3.06. The lowest BCUT2D eigenvalue weighted by Gasteiger charge is -2.38. The molecule has 4 aromatic rings. The van der Waals surface area contributed by atoms with Crippen molar-refractivity contribution in [2.24, 2.45) is 5.73 Å². The normalized spacial score (nSPS) is 14.6. The van der Waals surface area contributed by atoms with Crippen molar-refractivity contribution in [2.75, 3.05) is 18.0 Å². The zero-order valence-electron chi connectivity index (χ0n) is 15.2. The molecule has 5 rings (SSSR count). The number of nitrogens with one attached hydrogen (secondary N) is 1. The van der Waals surface area contributed by atoms with E-state index in [0.29, 0.717) is 16.4 Å². The van der Waals surface area contributed by atoms with Crippen LogP contribution in [0.15, 0.2) is 30.6 Å². The summed E-state index contributed by atoms with van der Waals surface area (Å²) < 4.78 is 5.95. The molecule has 0 unspecified atom stereocenters. The number of fused-ring (bicyclic) bond motifs is 2. The minimum Gasteiger partial charge on any atom is -0.424 e. The highest BCUT2D eigenvalue weighted by Gasteiger charge is 2.29. The lowest BCUT2D eigenvalue weighted by atomic mass is 10.1. The Morgan fingerprint density at radius 1 is 1.21 bits per heavy atom. The van der Waals surface area contributed by atoms with Crippen molar-refractivity contribution in [3.8, 4) is 11.8 Å². The van der Waals surface area contributed by atoms with E-state index in [-0.39, 0.29) is 12.1 Å². The summed E-state index contributed by atoms with van der Waals surface area (Å²) >= 11 is 6.58. The van der Waals surface area contributed by atoms with Crippen molar-refractivity contribution in [2.45, 2.75) is 19.4 Å². The number of nitrogens with zero attached hydrogens (tertiary/aromatic N) is 5. The Morgan fingerprint density at radius 2 is 2.00 bits per heavy atom. The number of benzene rings is 1. The summed E-state index contributed by atoms with van der Waals surface area (Å²) in [6, 6.07) is 5.87. The van der Waals surface area contributed by atoms with E-state index in [9.17, 15) is 0 Å². The van der Waals surface area contributed by atoms with Gasteiger partial charge in [0.25, 0.3) is 0 Å². The molecule has 9 heteroatoms. The number of aromatic amines is 1. The van der Waals surface area contributed by atoms with Crippen molar-refractivity contribution < 1.29 is 4.74 Å². The molecule has 0 atom stereocenters. The fourth-order valence-electron chi connectivity index (χ4n) is 3.39. The van der Waals surface area contributed by atoms with Gasteiger partial charge in [0.05, 0.1) is 21.4 Å². The topological polar surface area (TPSA) is 106 Å². The first-order chi connectivity index (χ1) is 13.6. The van der Waals surface area contributed by atoms with Crippen LogP contribution in [0.5, 0.6) is 11.8 Å². The van der Waals surface area contributed by atoms with E-state index in [1.54, 1.807) is 12.4 Å². The Bertz CT molecular complexity index is 1190. The zero-order valence-corrected chi connectivity index (χ0v) is 15.9. The van der Waals surface area contributed by atoms with Gasteiger partial charge in [0.15, 0.2) is 0 Å². The van der Waals surface area contributed by atoms with Gasteiger partial charge in [-0.2, -0.15) is 9.97 Å². The molecule has 0 aliphatic carbocycles. The molecule has 142 valence electrons. The number of hydrogen-bond acceptors (Lipinski definition) is 7. The molecule has 0 amide bonds. The molecule has 28 heavy (non-hydrogen) atoms. The molecule has 3 aromatic heterocycles. The maximum atomic E-state index is 6.58. The minimum atomic E-state index is 0.136. The Balaban J connectivity index is 1.58. The molecular formula is C19H18ClN7O. The van der Waals surface area contributed by atoms with Crippen LogP contribution in [0.25, 0.3) is 22.1 Å². The number of nitrogens with two attached hydrogens (primary N) is 1. The third-order valence-corrected chi connectivity index (χ3v) is 5.25. The van der Waals surface area contributed by atoms with E-state index in [1.807, 2.05) is 25.1 Å². The van der Waals surface area contributed by atoms with Gasteiger partial charge in [0, 0.05) is 43.3 Å². The number of H-pyrrole nitrogens is 1. The van der Waals surface area contributed by atoms with Crippen molar-refractivity contribution in [1.29, 1.82) is 0 Å². The van der Waals surface area contributed by atoms with Gasteiger partial charge in [-0.25, -0.2) is 0 Å². The number of hydrogen-bond donors (Lipinski definition) is 2. The first kappa shape index (κ1) is 17.2. The summed E-state index contributed by atoms with van der Waals surface area (Å²) in [5, 5.41) is 1.46. The molecule has 0 bridgehead atoms. The first-order valence-corrected chi connectivity index (χ1v) is 9.47. The summed E-state index contributed by atoms with van der Waals surface area (Å²) in [4.78, 5) is 23.1. The lowest BCUT2D eigenvalue weighted by Crippen LogP contribution is -2.56. The molecule has 4 heterocycles. The lowest BCUT2D eigenvalue weighted by molar-refractivity contribution is 0.440. The molecule has 0 spiro atoms. The summed E-state index contributed by atoms with van der Waals surface area (Å²) in [7, 11) is 0. The van der Waals surface area contributed by atoms with Gasteiger partial charge in [0.1, 0.15) is 17.2 Å². The fraction of sp³-hybridized carbons (Fsp3) is 0.263. The van der Waals surface area contributed by atoms with Crippen molar-refractivity contribution in [1.82, 2.24) is 24.9 Å². The Labute approximate surface area is 165 Å². The van der Waals surface area contributed by atoms with E-state index in [1.165, 1.54) is 0 Å². The molecule has 0 saturated carbocycles. The van der Waals surface area contributed by atoms with Gasteiger partial charge in [0.2, 0.25) is 0 Å². The maximum absolute atomic E-state index is 6.58. The number of rotatable bonds is 4. The van der Waals surface area contributed by atoms with Crippen LogP contribution >= 0.6 is 11.6 Å². The van der Waals surface area contributed by atoms with Crippen LogP contribution in [0.4, 0.5) is 5.82 Å². The molecule has 1 fully saturated rings. The van der Waals surface area contributed by atoms with Crippen molar-refractivity contribution in [3.05, 3.63) is 41.3 Å². The highest BCUT2D eigenvalue weighted by molar-refractivity contribution is 6.37. The minimum absolute atomic E-state index is 0.136. The number of halogens is 1. The van der Waals surface area contributed by atoms with E-state index in [4.69, 9.17) is 22.1 Å². The van der Waals surface area contributed by atoms with E-state index < -0.39 is 0 Å². The second-order valence-corrected chi connectivity index (χ2v) is 7.18. The number of anilines is 1. The fourth-order valence-corrected chi connectivity index (χ4v) is 3.74. The quantitative estimate of drug-likeness (QED) is 0.547. The number of aryl methyl sites for hydroxylation is 1. The van der Waals surface area contributed by atoms with Crippen LogP contribution in [-0.4, -0.2) is 44.1 Å². The summed E-state index contributed by atoms with van der Waals surface area (Å²) in [6.45, 7) is 3.48. The average molecular weight is 396 g/mol. The number of ether oxygens (including phenoxy) is 1. The monoisotopic (exact) mass is 395 g/mol. The second-order valence-electron chi connectivity index (χ2n) is 6.80. The standard InChI is InChI=1S/C19H18ClN7O/c1-2-12-16(20)15-17(24-12)25-19(26-18(15)27-8-10(21)9-27)28-11-3-4-13-14(7-11)23-6-5-22-13/h3-7,10H,2,8-9,21H2,1H3,(H,24,25,26). The van der Waals surface area contributed by atoms with Crippen LogP contribution in [0, 0.1) is 0 Å². The van der Waals surface area contributed by atoms with Gasteiger partial charge >= 0.3 is 6.01 Å². The third-order valence-electron chi connectivity index (χ3n) is 4.84. The molecule has 3 N–H and O–H groups in total. The van der Waals surface area contributed by atoms with Crippen LogP contribution in [0.1, 0.15) is 12.6 Å². The molecule has 1 aliphatic heterocycles. The maximum Gasteiger partial charge on any atom is 0.325 e. The Hall–Kier alpha value is -2.97. The van der Waals surface area contributed by atoms with Crippen LogP contribution < -0.4 is 15.4 Å². The summed E-state index contributed by atoms with van der Waals surface area (Å²) in [6.07, 6.45) is 4.07. The highest BCUT2D eigenvalue weighted by atomic mass is 35.5. The summed E-state index contributed by atoms with van der Waals surface area (Å²) in [5.41, 5.74) is 9.08. The average Bonchev–Trinajstić information content (AvgIpc) is 3.00. The molecule has 0 radical (unpaired) electrons. The van der Waals surface area contributed by atoms with Gasteiger partial charge in [-0.3, -0.25) is 9.97 Å². The molecule has 1 aliphatic rings. The van der Waals surface area contributed by atoms with Gasteiger partial charge in [-0.1, -0.05) is 18.5 Å².